The van der Waals surface area contributed by atoms with Crippen LogP contribution >= 0.6 is 0 Å². The molecule has 0 aromatic heterocycles. The largest absolute Gasteiger partial charge is 0.378 e. The summed E-state index contributed by atoms with van der Waals surface area (Å²) in [6, 6.07) is 0.0525. The lowest BCUT2D eigenvalue weighted by molar-refractivity contribution is -0.156. The molecule has 0 radical (unpaired) electrons. The van der Waals surface area contributed by atoms with Crippen LogP contribution in [0.25, 0.3) is 0 Å². The molecule has 1 N–H and O–H groups in total. The number of hydrogen-bond donors (Lipinski definition) is 1. The van der Waals surface area contributed by atoms with Crippen LogP contribution in [0.2, 0.25) is 0 Å². The Bertz CT molecular complexity index is 523. The Kier molecular flexibility index (Phi) is 5.77. The molecule has 0 aromatic rings. The van der Waals surface area contributed by atoms with Gasteiger partial charge >= 0.3 is 0 Å². The van der Waals surface area contributed by atoms with Gasteiger partial charge in [0, 0.05) is 18.1 Å². The molecule has 23 heavy (non-hydrogen) atoms. The first-order valence-electron chi connectivity index (χ1n) is 8.90. The van der Waals surface area contributed by atoms with Gasteiger partial charge in [-0.2, -0.15) is 0 Å². The summed E-state index contributed by atoms with van der Waals surface area (Å²) in [7, 11) is -3.42. The number of carbonyl (C=O) groups excluding carboxylic acids is 1. The first kappa shape index (κ1) is 18.7. The molecule has 1 spiro atoms. The SMILES string of the molecule is CCO[C@@H]1C[C@@H](NC(=O)[C@H](C)S(=O)(=O)C(C)C)C12CCCCC2. The molecule has 2 fully saturated rings. The fraction of sp³-hybridized carbons (Fsp3) is 0.941. The fourth-order valence-electron chi connectivity index (χ4n) is 4.11. The second-order valence-corrected chi connectivity index (χ2v) is 10.1. The Hall–Kier alpha value is -0.620. The van der Waals surface area contributed by atoms with Crippen molar-refractivity contribution in [2.75, 3.05) is 6.61 Å². The summed E-state index contributed by atoms with van der Waals surface area (Å²) in [5.41, 5.74) is 0.0191. The molecule has 1 amide bonds. The highest BCUT2D eigenvalue weighted by Crippen LogP contribution is 2.53. The molecule has 5 nitrogen and oxygen atoms in total. The van der Waals surface area contributed by atoms with E-state index in [1.54, 1.807) is 13.8 Å². The van der Waals surface area contributed by atoms with Crippen molar-refractivity contribution in [3.05, 3.63) is 0 Å². The van der Waals surface area contributed by atoms with E-state index in [9.17, 15) is 13.2 Å². The zero-order valence-corrected chi connectivity index (χ0v) is 15.6. The maximum Gasteiger partial charge on any atom is 0.238 e. The second kappa shape index (κ2) is 7.09. The van der Waals surface area contributed by atoms with Crippen molar-refractivity contribution in [3.63, 3.8) is 0 Å². The molecule has 0 aliphatic heterocycles. The van der Waals surface area contributed by atoms with Crippen LogP contribution in [0.15, 0.2) is 0 Å². The van der Waals surface area contributed by atoms with Gasteiger partial charge in [-0.25, -0.2) is 8.42 Å². The van der Waals surface area contributed by atoms with Crippen molar-refractivity contribution in [1.29, 1.82) is 0 Å². The van der Waals surface area contributed by atoms with Crippen molar-refractivity contribution in [2.24, 2.45) is 5.41 Å². The van der Waals surface area contributed by atoms with Crippen molar-refractivity contribution >= 4 is 15.7 Å². The summed E-state index contributed by atoms with van der Waals surface area (Å²) in [5, 5.41) is 1.50. The van der Waals surface area contributed by atoms with Gasteiger partial charge in [0.25, 0.3) is 0 Å². The summed E-state index contributed by atoms with van der Waals surface area (Å²) >= 11 is 0. The Morgan fingerprint density at radius 3 is 2.35 bits per heavy atom. The molecule has 2 aliphatic rings. The average Bonchev–Trinajstić information content (AvgIpc) is 2.53. The fourth-order valence-corrected chi connectivity index (χ4v) is 5.30. The Morgan fingerprint density at radius 1 is 1.22 bits per heavy atom. The van der Waals surface area contributed by atoms with Gasteiger partial charge in [0.15, 0.2) is 9.84 Å². The van der Waals surface area contributed by atoms with Crippen LogP contribution in [-0.2, 0) is 19.4 Å². The third-order valence-corrected chi connectivity index (χ3v) is 8.29. The monoisotopic (exact) mass is 345 g/mol. The van der Waals surface area contributed by atoms with Crippen molar-refractivity contribution < 1.29 is 17.9 Å². The topological polar surface area (TPSA) is 72.5 Å². The predicted molar refractivity (Wildman–Crippen MR) is 91.0 cm³/mol. The Labute approximate surface area is 140 Å². The lowest BCUT2D eigenvalue weighted by atomic mass is 9.55. The minimum absolute atomic E-state index is 0.0191. The number of sulfone groups is 1. The van der Waals surface area contributed by atoms with Crippen LogP contribution in [0.4, 0.5) is 0 Å². The van der Waals surface area contributed by atoms with Gasteiger partial charge in [0.2, 0.25) is 5.91 Å². The van der Waals surface area contributed by atoms with E-state index < -0.39 is 20.3 Å². The second-order valence-electron chi connectivity index (χ2n) is 7.31. The summed E-state index contributed by atoms with van der Waals surface area (Å²) in [5.74, 6) is -0.358. The van der Waals surface area contributed by atoms with Crippen molar-refractivity contribution in [3.8, 4) is 0 Å². The summed E-state index contributed by atoms with van der Waals surface area (Å²) in [6.07, 6.45) is 6.69. The van der Waals surface area contributed by atoms with Crippen LogP contribution in [0.1, 0.15) is 66.2 Å². The highest BCUT2D eigenvalue weighted by molar-refractivity contribution is 7.93. The van der Waals surface area contributed by atoms with E-state index >= 15 is 0 Å². The van der Waals surface area contributed by atoms with Crippen LogP contribution < -0.4 is 5.32 Å². The van der Waals surface area contributed by atoms with Gasteiger partial charge in [-0.05, 0) is 47.0 Å². The summed E-state index contributed by atoms with van der Waals surface area (Å²) < 4.78 is 30.3. The number of hydrogen-bond acceptors (Lipinski definition) is 4. The molecule has 0 unspecified atom stereocenters. The van der Waals surface area contributed by atoms with Gasteiger partial charge in [-0.3, -0.25) is 4.79 Å². The van der Waals surface area contributed by atoms with Gasteiger partial charge < -0.3 is 10.1 Å². The van der Waals surface area contributed by atoms with E-state index in [-0.39, 0.29) is 23.5 Å². The van der Waals surface area contributed by atoms with Crippen LogP contribution in [-0.4, -0.2) is 43.6 Å². The lowest BCUT2D eigenvalue weighted by Crippen LogP contribution is -2.66. The maximum atomic E-state index is 12.5. The molecule has 134 valence electrons. The van der Waals surface area contributed by atoms with Crippen molar-refractivity contribution in [2.45, 2.75) is 88.9 Å². The normalized spacial score (nSPS) is 28.4. The standard InChI is InChI=1S/C17H31NO4S/c1-5-22-15-11-14(17(15)9-7-6-8-10-17)18-16(19)13(4)23(20,21)12(2)3/h12-15H,5-11H2,1-4H3,(H,18,19)/t13-,14+,15+/m0/s1. The smallest absolute Gasteiger partial charge is 0.238 e. The van der Waals surface area contributed by atoms with E-state index in [2.05, 4.69) is 5.32 Å². The van der Waals surface area contributed by atoms with Gasteiger partial charge in [0.1, 0.15) is 5.25 Å². The zero-order valence-electron chi connectivity index (χ0n) is 14.8. The van der Waals surface area contributed by atoms with E-state index in [1.165, 1.54) is 13.3 Å². The number of rotatable bonds is 6. The van der Waals surface area contributed by atoms with Crippen LogP contribution in [0.3, 0.4) is 0 Å². The third-order valence-electron chi connectivity index (χ3n) is 5.77. The summed E-state index contributed by atoms with van der Waals surface area (Å²) in [6.45, 7) is 7.42. The minimum atomic E-state index is -3.42. The quantitative estimate of drug-likeness (QED) is 0.802. The molecule has 3 atom stereocenters. The minimum Gasteiger partial charge on any atom is -0.378 e. The van der Waals surface area contributed by atoms with Crippen LogP contribution in [0, 0.1) is 5.41 Å². The number of nitrogens with one attached hydrogen (secondary N) is 1. The molecular formula is C17H31NO4S. The maximum absolute atomic E-state index is 12.5. The molecular weight excluding hydrogens is 314 g/mol. The first-order valence-corrected chi connectivity index (χ1v) is 10.5. The van der Waals surface area contributed by atoms with E-state index in [4.69, 9.17) is 4.74 Å². The van der Waals surface area contributed by atoms with E-state index in [1.807, 2.05) is 6.92 Å². The van der Waals surface area contributed by atoms with Gasteiger partial charge in [0.05, 0.1) is 11.4 Å². The van der Waals surface area contributed by atoms with E-state index in [0.29, 0.717) is 6.61 Å². The van der Waals surface area contributed by atoms with Crippen molar-refractivity contribution in [1.82, 2.24) is 5.32 Å². The van der Waals surface area contributed by atoms with E-state index in [0.717, 1.165) is 32.1 Å². The highest BCUT2D eigenvalue weighted by atomic mass is 32.2. The molecule has 6 heteroatoms. The first-order chi connectivity index (χ1) is 10.8. The highest BCUT2D eigenvalue weighted by Gasteiger charge is 2.56. The van der Waals surface area contributed by atoms with Gasteiger partial charge in [-0.15, -0.1) is 0 Å². The number of carbonyl (C=O) groups is 1. The number of ether oxygens (including phenoxy) is 1. The third kappa shape index (κ3) is 3.43. The molecule has 0 heterocycles. The average molecular weight is 346 g/mol. The molecule has 2 aliphatic carbocycles. The zero-order chi connectivity index (χ0) is 17.3. The predicted octanol–water partition coefficient (Wildman–Crippen LogP) is 2.44. The molecule has 0 aromatic carbocycles. The van der Waals surface area contributed by atoms with Gasteiger partial charge in [-0.1, -0.05) is 19.3 Å². The molecule has 2 saturated carbocycles. The molecule has 2 rings (SSSR count). The summed E-state index contributed by atoms with van der Waals surface area (Å²) in [4.78, 5) is 12.5. The van der Waals surface area contributed by atoms with Crippen LogP contribution in [0.5, 0.6) is 0 Å². The molecule has 0 bridgehead atoms. The Balaban J connectivity index is 2.06. The molecule has 0 saturated heterocycles. The Morgan fingerprint density at radius 2 is 1.83 bits per heavy atom. The number of amides is 1. The lowest BCUT2D eigenvalue weighted by Gasteiger charge is -2.57.